The molecule has 0 heterocycles. The van der Waals surface area contributed by atoms with E-state index in [4.69, 9.17) is 10.9 Å². The van der Waals surface area contributed by atoms with E-state index in [1.807, 2.05) is 0 Å². The van der Waals surface area contributed by atoms with Crippen LogP contribution >= 0.6 is 0 Å². The molecule has 0 spiro atoms. The monoisotopic (exact) mass is 190 g/mol. The van der Waals surface area contributed by atoms with E-state index in [1.165, 1.54) is 18.2 Å². The molecule has 4 N–H and O–H groups in total. The van der Waals surface area contributed by atoms with Crippen LogP contribution in [0.3, 0.4) is 0 Å². The number of nitrogen functional groups attached to an aromatic ring is 1. The van der Waals surface area contributed by atoms with Crippen LogP contribution in [-0.4, -0.2) is 11.7 Å². The Labute approximate surface area is 72.9 Å². The largest absolute Gasteiger partial charge is 0.506 e. The molecule has 0 aromatic heterocycles. The van der Waals surface area contributed by atoms with E-state index in [2.05, 4.69) is 10.2 Å². The van der Waals surface area contributed by atoms with Crippen LogP contribution in [0.5, 0.6) is 11.5 Å². The van der Waals surface area contributed by atoms with E-state index in [-0.39, 0.29) is 17.2 Å². The summed E-state index contributed by atoms with van der Waals surface area (Å²) in [5, 5.41) is 9.08. The standard InChI is InChI=1S/C7H8F2N2O2/c8-7(9)13-4-1-2-6(12)5(3-4)11-10/h1-3,7,11-12H,10H2. The van der Waals surface area contributed by atoms with Gasteiger partial charge in [0.15, 0.2) is 0 Å². The lowest BCUT2D eigenvalue weighted by Gasteiger charge is -2.07. The molecule has 72 valence electrons. The van der Waals surface area contributed by atoms with Crippen LogP contribution in [-0.2, 0) is 0 Å². The van der Waals surface area contributed by atoms with Crippen LogP contribution in [0.2, 0.25) is 0 Å². The predicted molar refractivity (Wildman–Crippen MR) is 42.5 cm³/mol. The van der Waals surface area contributed by atoms with Gasteiger partial charge >= 0.3 is 6.61 Å². The Hall–Kier alpha value is -1.56. The first-order valence-corrected chi connectivity index (χ1v) is 3.38. The average Bonchev–Trinajstić information content (AvgIpc) is 2.07. The van der Waals surface area contributed by atoms with Gasteiger partial charge in [-0.15, -0.1) is 0 Å². The Bertz CT molecular complexity index is 294. The van der Waals surface area contributed by atoms with Crippen molar-refractivity contribution in [1.82, 2.24) is 0 Å². The maximum atomic E-state index is 11.7. The highest BCUT2D eigenvalue weighted by atomic mass is 19.3. The van der Waals surface area contributed by atoms with Crippen molar-refractivity contribution in [1.29, 1.82) is 0 Å². The second-order valence-electron chi connectivity index (χ2n) is 2.20. The molecule has 1 aromatic rings. The highest BCUT2D eigenvalue weighted by molar-refractivity contribution is 5.58. The van der Waals surface area contributed by atoms with Gasteiger partial charge < -0.3 is 15.3 Å². The first-order valence-electron chi connectivity index (χ1n) is 3.38. The van der Waals surface area contributed by atoms with Crippen molar-refractivity contribution in [2.24, 2.45) is 5.84 Å². The summed E-state index contributed by atoms with van der Waals surface area (Å²) < 4.78 is 27.5. The molecule has 0 unspecified atom stereocenters. The molecule has 0 fully saturated rings. The predicted octanol–water partition coefficient (Wildman–Crippen LogP) is 1.28. The van der Waals surface area contributed by atoms with Gasteiger partial charge in [-0.05, 0) is 12.1 Å². The molecule has 6 heteroatoms. The van der Waals surface area contributed by atoms with Gasteiger partial charge in [0, 0.05) is 6.07 Å². The number of hydrogen-bond acceptors (Lipinski definition) is 4. The van der Waals surface area contributed by atoms with E-state index < -0.39 is 6.61 Å². The minimum atomic E-state index is -2.89. The zero-order chi connectivity index (χ0) is 9.84. The average molecular weight is 190 g/mol. The van der Waals surface area contributed by atoms with Gasteiger partial charge in [0.05, 0.1) is 5.69 Å². The van der Waals surface area contributed by atoms with Crippen LogP contribution in [0.1, 0.15) is 0 Å². The quantitative estimate of drug-likeness (QED) is 0.381. The summed E-state index contributed by atoms with van der Waals surface area (Å²) in [6.45, 7) is -2.89. The van der Waals surface area contributed by atoms with E-state index >= 15 is 0 Å². The summed E-state index contributed by atoms with van der Waals surface area (Å²) in [6, 6.07) is 3.58. The highest BCUT2D eigenvalue weighted by Gasteiger charge is 2.06. The van der Waals surface area contributed by atoms with Crippen molar-refractivity contribution in [2.45, 2.75) is 6.61 Å². The Balaban J connectivity index is 2.86. The van der Waals surface area contributed by atoms with Crippen LogP contribution in [0.25, 0.3) is 0 Å². The lowest BCUT2D eigenvalue weighted by atomic mass is 10.3. The molecule has 0 atom stereocenters. The third-order valence-electron chi connectivity index (χ3n) is 1.35. The summed E-state index contributed by atoms with van der Waals surface area (Å²) in [7, 11) is 0. The molecular weight excluding hydrogens is 182 g/mol. The van der Waals surface area contributed by atoms with E-state index in [0.717, 1.165) is 0 Å². The topological polar surface area (TPSA) is 67.5 Å². The SMILES string of the molecule is NNc1cc(OC(F)F)ccc1O. The molecule has 0 amide bonds. The minimum Gasteiger partial charge on any atom is -0.506 e. The van der Waals surface area contributed by atoms with Crippen molar-refractivity contribution in [2.75, 3.05) is 5.43 Å². The number of hydrazine groups is 1. The van der Waals surface area contributed by atoms with Gasteiger partial charge in [0.25, 0.3) is 0 Å². The number of anilines is 1. The Kier molecular flexibility index (Phi) is 2.86. The number of aromatic hydroxyl groups is 1. The number of alkyl halides is 2. The second kappa shape index (κ2) is 3.90. The van der Waals surface area contributed by atoms with Crippen molar-refractivity contribution >= 4 is 5.69 Å². The summed E-state index contributed by atoms with van der Waals surface area (Å²) in [6.07, 6.45) is 0. The number of halogens is 2. The Morgan fingerprint density at radius 2 is 2.15 bits per heavy atom. The number of hydrogen-bond donors (Lipinski definition) is 3. The van der Waals surface area contributed by atoms with Crippen molar-refractivity contribution in [3.8, 4) is 11.5 Å². The molecular formula is C7H8F2N2O2. The van der Waals surface area contributed by atoms with Crippen LogP contribution in [0, 0.1) is 0 Å². The fraction of sp³-hybridized carbons (Fsp3) is 0.143. The molecule has 1 rings (SSSR count). The van der Waals surface area contributed by atoms with E-state index in [0.29, 0.717) is 0 Å². The third-order valence-corrected chi connectivity index (χ3v) is 1.35. The molecule has 0 saturated heterocycles. The van der Waals surface area contributed by atoms with Gasteiger partial charge in [-0.2, -0.15) is 8.78 Å². The summed E-state index contributed by atoms with van der Waals surface area (Å²) in [4.78, 5) is 0. The Morgan fingerprint density at radius 1 is 1.46 bits per heavy atom. The lowest BCUT2D eigenvalue weighted by molar-refractivity contribution is -0.0498. The normalized spacial score (nSPS) is 10.2. The number of nitrogens with two attached hydrogens (primary N) is 1. The lowest BCUT2D eigenvalue weighted by Crippen LogP contribution is -2.08. The van der Waals surface area contributed by atoms with Crippen LogP contribution in [0.4, 0.5) is 14.5 Å². The fourth-order valence-corrected chi connectivity index (χ4v) is 0.807. The van der Waals surface area contributed by atoms with Crippen LogP contribution in [0.15, 0.2) is 18.2 Å². The smallest absolute Gasteiger partial charge is 0.387 e. The van der Waals surface area contributed by atoms with E-state index in [9.17, 15) is 8.78 Å². The highest BCUT2D eigenvalue weighted by Crippen LogP contribution is 2.27. The molecule has 4 nitrogen and oxygen atoms in total. The first kappa shape index (κ1) is 9.53. The van der Waals surface area contributed by atoms with Gasteiger partial charge in [-0.1, -0.05) is 0 Å². The molecule has 0 aliphatic carbocycles. The maximum absolute atomic E-state index is 11.7. The Morgan fingerprint density at radius 3 is 2.69 bits per heavy atom. The minimum absolute atomic E-state index is 0.0687. The van der Waals surface area contributed by atoms with E-state index in [1.54, 1.807) is 0 Å². The zero-order valence-electron chi connectivity index (χ0n) is 6.50. The molecule has 0 saturated carbocycles. The maximum Gasteiger partial charge on any atom is 0.387 e. The number of phenols is 1. The molecule has 0 aliphatic rings. The zero-order valence-corrected chi connectivity index (χ0v) is 6.50. The number of rotatable bonds is 3. The number of benzene rings is 1. The number of phenolic OH excluding ortho intramolecular Hbond substituents is 1. The van der Waals surface area contributed by atoms with Gasteiger partial charge in [0.1, 0.15) is 11.5 Å². The summed E-state index contributed by atoms with van der Waals surface area (Å²) in [5.41, 5.74) is 2.26. The number of ether oxygens (including phenoxy) is 1. The van der Waals surface area contributed by atoms with Gasteiger partial charge in [-0.3, -0.25) is 5.84 Å². The summed E-state index contributed by atoms with van der Waals surface area (Å²) >= 11 is 0. The number of nitrogens with one attached hydrogen (secondary N) is 1. The molecule has 1 aromatic carbocycles. The van der Waals surface area contributed by atoms with Gasteiger partial charge in [-0.25, -0.2) is 0 Å². The summed E-state index contributed by atoms with van der Waals surface area (Å²) in [5.74, 6) is 4.79. The van der Waals surface area contributed by atoms with Crippen LogP contribution < -0.4 is 16.0 Å². The van der Waals surface area contributed by atoms with Crippen molar-refractivity contribution in [3.05, 3.63) is 18.2 Å². The molecule has 13 heavy (non-hydrogen) atoms. The van der Waals surface area contributed by atoms with Gasteiger partial charge in [0.2, 0.25) is 0 Å². The molecule has 0 radical (unpaired) electrons. The third kappa shape index (κ3) is 2.45. The first-order chi connectivity index (χ1) is 6.13. The second-order valence-corrected chi connectivity index (χ2v) is 2.20. The van der Waals surface area contributed by atoms with Crippen molar-refractivity contribution in [3.63, 3.8) is 0 Å². The molecule has 0 aliphatic heterocycles. The fourth-order valence-electron chi connectivity index (χ4n) is 0.807. The van der Waals surface area contributed by atoms with Crippen molar-refractivity contribution < 1.29 is 18.6 Å². The molecule has 0 bridgehead atoms.